The Morgan fingerprint density at radius 2 is 2.04 bits per heavy atom. The number of aromatic nitrogens is 5. The number of aromatic amines is 2. The van der Waals surface area contributed by atoms with Crippen molar-refractivity contribution in [2.75, 3.05) is 0 Å². The summed E-state index contributed by atoms with van der Waals surface area (Å²) in [5.74, 6) is 0.484. The first-order valence-electron chi connectivity index (χ1n) is 7.40. The van der Waals surface area contributed by atoms with Gasteiger partial charge in [-0.3, -0.25) is 14.8 Å². The van der Waals surface area contributed by atoms with Crippen LogP contribution in [0.3, 0.4) is 0 Å². The molecule has 8 heteroatoms. The quantitative estimate of drug-likeness (QED) is 0.756. The van der Waals surface area contributed by atoms with E-state index in [0.29, 0.717) is 10.8 Å². The van der Waals surface area contributed by atoms with Gasteiger partial charge in [-0.05, 0) is 36.1 Å². The number of H-pyrrole nitrogens is 2. The number of hydrogen-bond donors (Lipinski definition) is 2. The lowest BCUT2D eigenvalue weighted by atomic mass is 10.1. The summed E-state index contributed by atoms with van der Waals surface area (Å²) < 4.78 is 0. The Kier molecular flexibility index (Phi) is 3.50. The summed E-state index contributed by atoms with van der Waals surface area (Å²) in [5.41, 5.74) is 1.39. The smallest absolute Gasteiger partial charge is 0.313 e. The van der Waals surface area contributed by atoms with Crippen LogP contribution < -0.4 is 11.2 Å². The van der Waals surface area contributed by atoms with Crippen molar-refractivity contribution < 1.29 is 0 Å². The highest BCUT2D eigenvalue weighted by Gasteiger charge is 2.42. The number of rotatable bonds is 3. The molecule has 0 aliphatic heterocycles. The van der Waals surface area contributed by atoms with Gasteiger partial charge in [-0.15, -0.1) is 10.2 Å². The molecule has 0 spiro atoms. The average Bonchev–Trinajstić information content (AvgIpc) is 3.37. The lowest BCUT2D eigenvalue weighted by Crippen LogP contribution is -2.23. The van der Waals surface area contributed by atoms with Crippen molar-refractivity contribution in [1.29, 1.82) is 0 Å². The van der Waals surface area contributed by atoms with Crippen molar-refractivity contribution in [3.8, 4) is 11.3 Å². The zero-order valence-corrected chi connectivity index (χ0v) is 13.1. The molecule has 0 saturated heterocycles. The van der Waals surface area contributed by atoms with Gasteiger partial charge in [-0.1, -0.05) is 17.7 Å². The lowest BCUT2D eigenvalue weighted by molar-refractivity contribution is 0.932. The van der Waals surface area contributed by atoms with E-state index < -0.39 is 11.2 Å². The third-order valence-electron chi connectivity index (χ3n) is 4.13. The van der Waals surface area contributed by atoms with Gasteiger partial charge in [-0.2, -0.15) is 0 Å². The summed E-state index contributed by atoms with van der Waals surface area (Å²) in [5, 5.41) is 8.25. The fraction of sp³-hybridized carbons (Fsp3) is 0.188. The zero-order valence-electron chi connectivity index (χ0n) is 12.4. The fourth-order valence-electron chi connectivity index (χ4n) is 2.84. The molecule has 0 radical (unpaired) electrons. The second kappa shape index (κ2) is 5.68. The second-order valence-electron chi connectivity index (χ2n) is 5.66. The van der Waals surface area contributed by atoms with E-state index in [4.69, 9.17) is 11.6 Å². The van der Waals surface area contributed by atoms with Gasteiger partial charge in [0.25, 0.3) is 5.56 Å². The first-order chi connectivity index (χ1) is 11.6. The van der Waals surface area contributed by atoms with Gasteiger partial charge in [-0.25, -0.2) is 4.79 Å². The van der Waals surface area contributed by atoms with E-state index in [-0.39, 0.29) is 17.4 Å². The van der Waals surface area contributed by atoms with Crippen LogP contribution in [0, 0.1) is 0 Å². The molecular weight excluding hydrogens is 330 g/mol. The number of pyridine rings is 1. The van der Waals surface area contributed by atoms with Crippen LogP contribution in [0.1, 0.15) is 29.5 Å². The maximum Gasteiger partial charge on any atom is 0.325 e. The van der Waals surface area contributed by atoms with Crippen LogP contribution >= 0.6 is 11.6 Å². The van der Waals surface area contributed by atoms with Crippen LogP contribution in [0.5, 0.6) is 0 Å². The number of nitrogens with zero attached hydrogens (tertiary/aromatic N) is 3. The van der Waals surface area contributed by atoms with E-state index in [1.54, 1.807) is 12.3 Å². The van der Waals surface area contributed by atoms with Gasteiger partial charge in [0.2, 0.25) is 0 Å². The Morgan fingerprint density at radius 1 is 1.17 bits per heavy atom. The van der Waals surface area contributed by atoms with E-state index in [9.17, 15) is 9.59 Å². The van der Waals surface area contributed by atoms with Gasteiger partial charge >= 0.3 is 5.69 Å². The monoisotopic (exact) mass is 341 g/mol. The molecule has 1 aliphatic carbocycles. The highest BCUT2D eigenvalue weighted by Crippen LogP contribution is 2.55. The molecule has 1 aliphatic rings. The summed E-state index contributed by atoms with van der Waals surface area (Å²) in [6, 6.07) is 7.57. The summed E-state index contributed by atoms with van der Waals surface area (Å²) in [7, 11) is 0. The average molecular weight is 342 g/mol. The highest BCUT2D eigenvalue weighted by atomic mass is 35.5. The van der Waals surface area contributed by atoms with Crippen molar-refractivity contribution in [2.24, 2.45) is 0 Å². The van der Waals surface area contributed by atoms with E-state index >= 15 is 0 Å². The molecule has 1 unspecified atom stereocenters. The number of nitrogens with one attached hydrogen (secondary N) is 2. The van der Waals surface area contributed by atoms with Gasteiger partial charge < -0.3 is 4.98 Å². The van der Waals surface area contributed by atoms with Gasteiger partial charge in [0.15, 0.2) is 5.15 Å². The molecule has 0 amide bonds. The predicted molar refractivity (Wildman–Crippen MR) is 88.1 cm³/mol. The first kappa shape index (κ1) is 14.8. The third-order valence-corrected chi connectivity index (χ3v) is 4.42. The van der Waals surface area contributed by atoms with Crippen LogP contribution in [0.4, 0.5) is 0 Å². The van der Waals surface area contributed by atoms with Crippen molar-refractivity contribution in [3.63, 3.8) is 0 Å². The Bertz CT molecular complexity index is 1010. The molecule has 1 saturated carbocycles. The summed E-state index contributed by atoms with van der Waals surface area (Å²) in [6.45, 7) is 0. The molecule has 2 atom stereocenters. The molecule has 7 nitrogen and oxygen atoms in total. The molecule has 120 valence electrons. The third kappa shape index (κ3) is 2.63. The van der Waals surface area contributed by atoms with E-state index in [2.05, 4.69) is 25.1 Å². The lowest BCUT2D eigenvalue weighted by Gasteiger charge is -2.05. The SMILES string of the molecule is O=c1[nH]cc(-c2cc([C@H]3CC3c3ccccn3)c(Cl)nn2)c(=O)[nH]1. The summed E-state index contributed by atoms with van der Waals surface area (Å²) in [4.78, 5) is 32.0. The minimum Gasteiger partial charge on any atom is -0.313 e. The van der Waals surface area contributed by atoms with Crippen LogP contribution in [0.2, 0.25) is 5.15 Å². The van der Waals surface area contributed by atoms with Crippen molar-refractivity contribution >= 4 is 11.6 Å². The van der Waals surface area contributed by atoms with E-state index in [1.165, 1.54) is 6.20 Å². The summed E-state index contributed by atoms with van der Waals surface area (Å²) >= 11 is 6.20. The topological polar surface area (TPSA) is 104 Å². The molecule has 4 rings (SSSR count). The Labute approximate surface area is 140 Å². The summed E-state index contributed by atoms with van der Waals surface area (Å²) in [6.07, 6.45) is 4.01. The molecule has 2 N–H and O–H groups in total. The molecule has 0 bridgehead atoms. The Morgan fingerprint density at radius 3 is 2.79 bits per heavy atom. The first-order valence-corrected chi connectivity index (χ1v) is 7.77. The van der Waals surface area contributed by atoms with Crippen LogP contribution in [0.25, 0.3) is 11.3 Å². The minimum absolute atomic E-state index is 0.198. The Hall–Kier alpha value is -2.80. The standard InChI is InChI=1S/C16H12ClN5O2/c17-14-10(8-5-9(8)12-3-1-2-4-18-12)6-13(21-22-14)11-7-19-16(24)20-15(11)23/h1-4,6-9H,5H2,(H2,19,20,23,24)/t8-,9?/m0/s1. The predicted octanol–water partition coefficient (Wildman–Crippen LogP) is 1.84. The highest BCUT2D eigenvalue weighted by molar-refractivity contribution is 6.30. The van der Waals surface area contributed by atoms with Crippen molar-refractivity contribution in [2.45, 2.75) is 18.3 Å². The minimum atomic E-state index is -0.566. The van der Waals surface area contributed by atoms with E-state index in [1.807, 2.05) is 18.2 Å². The molecule has 0 aromatic carbocycles. The maximum atomic E-state index is 11.9. The molecule has 1 fully saturated rings. The number of hydrogen-bond acceptors (Lipinski definition) is 5. The van der Waals surface area contributed by atoms with Crippen molar-refractivity contribution in [1.82, 2.24) is 25.1 Å². The van der Waals surface area contributed by atoms with Crippen LogP contribution in [0.15, 0.2) is 46.2 Å². The molecule has 3 aromatic rings. The fourth-order valence-corrected chi connectivity index (χ4v) is 3.08. The Balaban J connectivity index is 1.71. The normalized spacial score (nSPS) is 19.2. The molecule has 3 aromatic heterocycles. The largest absolute Gasteiger partial charge is 0.325 e. The maximum absolute atomic E-state index is 11.9. The van der Waals surface area contributed by atoms with Crippen LogP contribution in [-0.2, 0) is 0 Å². The van der Waals surface area contributed by atoms with Gasteiger partial charge in [0.05, 0.1) is 5.56 Å². The molecule has 24 heavy (non-hydrogen) atoms. The zero-order chi connectivity index (χ0) is 16.7. The molecule has 3 heterocycles. The number of halogens is 1. The second-order valence-corrected chi connectivity index (χ2v) is 6.02. The van der Waals surface area contributed by atoms with Gasteiger partial charge in [0.1, 0.15) is 5.69 Å². The van der Waals surface area contributed by atoms with Crippen LogP contribution in [-0.4, -0.2) is 25.1 Å². The van der Waals surface area contributed by atoms with E-state index in [0.717, 1.165) is 17.7 Å². The van der Waals surface area contributed by atoms with Crippen molar-refractivity contribution in [3.05, 3.63) is 73.9 Å². The molecular formula is C16H12ClN5O2. The van der Waals surface area contributed by atoms with Gasteiger partial charge in [0, 0.05) is 24.0 Å².